The number of carbonyl (C=O) groups excluding carboxylic acids is 1. The second kappa shape index (κ2) is 6.61. The van der Waals surface area contributed by atoms with Gasteiger partial charge in [0.15, 0.2) is 5.54 Å². The minimum Gasteiger partial charge on any atom is -0.467 e. The highest BCUT2D eigenvalue weighted by Crippen LogP contribution is 2.31. The van der Waals surface area contributed by atoms with Gasteiger partial charge in [0.25, 0.3) is 0 Å². The fraction of sp³-hybridized carbons (Fsp3) is 0.200. The van der Waals surface area contributed by atoms with Crippen molar-refractivity contribution >= 4 is 11.7 Å². The fourth-order valence-corrected chi connectivity index (χ4v) is 2.84. The van der Waals surface area contributed by atoms with Crippen molar-refractivity contribution < 1.29 is 9.53 Å². The van der Waals surface area contributed by atoms with Crippen LogP contribution in [0.5, 0.6) is 0 Å². The zero-order valence-corrected chi connectivity index (χ0v) is 13.1. The normalized spacial score (nSPS) is 15.2. The lowest BCUT2D eigenvalue weighted by molar-refractivity contribution is -0.146. The van der Waals surface area contributed by atoms with Crippen LogP contribution in [-0.2, 0) is 9.53 Å². The number of benzene rings is 2. The molecular formula is C20H19NO2. The molecule has 0 N–H and O–H groups in total. The van der Waals surface area contributed by atoms with E-state index in [1.807, 2.05) is 72.8 Å². The molecule has 0 fully saturated rings. The summed E-state index contributed by atoms with van der Waals surface area (Å²) in [6.07, 6.45) is 5.13. The van der Waals surface area contributed by atoms with E-state index in [-0.39, 0.29) is 5.97 Å². The average molecular weight is 305 g/mol. The molecule has 0 amide bonds. The number of nitrogens with zero attached hydrogens (tertiary/aromatic N) is 1. The SMILES string of the molecule is COC(=O)C1(N=C(c2ccccc2)c2ccccc2)CC=CC1. The zero-order chi connectivity index (χ0) is 16.1. The Hall–Kier alpha value is -2.68. The van der Waals surface area contributed by atoms with Gasteiger partial charge in [-0.1, -0.05) is 72.8 Å². The second-order valence-electron chi connectivity index (χ2n) is 5.60. The molecule has 3 heteroatoms. The van der Waals surface area contributed by atoms with Gasteiger partial charge in [0, 0.05) is 24.0 Å². The second-order valence-corrected chi connectivity index (χ2v) is 5.60. The molecule has 2 aromatic rings. The van der Waals surface area contributed by atoms with Crippen LogP contribution in [0.2, 0.25) is 0 Å². The Morgan fingerprint density at radius 1 is 0.913 bits per heavy atom. The van der Waals surface area contributed by atoms with Crippen LogP contribution in [0.4, 0.5) is 0 Å². The first-order valence-electron chi connectivity index (χ1n) is 7.69. The molecule has 0 unspecified atom stereocenters. The van der Waals surface area contributed by atoms with Gasteiger partial charge in [0.2, 0.25) is 0 Å². The van der Waals surface area contributed by atoms with Crippen molar-refractivity contribution in [2.24, 2.45) is 4.99 Å². The molecular weight excluding hydrogens is 286 g/mol. The van der Waals surface area contributed by atoms with E-state index in [0.29, 0.717) is 12.8 Å². The maximum atomic E-state index is 12.4. The third-order valence-electron chi connectivity index (χ3n) is 4.06. The predicted molar refractivity (Wildman–Crippen MR) is 91.6 cm³/mol. The molecule has 3 rings (SSSR count). The maximum Gasteiger partial charge on any atom is 0.334 e. The zero-order valence-electron chi connectivity index (χ0n) is 13.1. The van der Waals surface area contributed by atoms with Crippen molar-refractivity contribution in [3.8, 4) is 0 Å². The summed E-state index contributed by atoms with van der Waals surface area (Å²) in [5.41, 5.74) is 1.96. The van der Waals surface area contributed by atoms with Gasteiger partial charge in [-0.25, -0.2) is 4.79 Å². The van der Waals surface area contributed by atoms with Crippen LogP contribution in [-0.4, -0.2) is 24.3 Å². The van der Waals surface area contributed by atoms with Crippen molar-refractivity contribution in [1.29, 1.82) is 0 Å². The van der Waals surface area contributed by atoms with Crippen LogP contribution in [0.3, 0.4) is 0 Å². The summed E-state index contributed by atoms with van der Waals surface area (Å²) in [6, 6.07) is 19.9. The van der Waals surface area contributed by atoms with E-state index in [4.69, 9.17) is 9.73 Å². The van der Waals surface area contributed by atoms with Gasteiger partial charge in [-0.15, -0.1) is 0 Å². The van der Waals surface area contributed by atoms with Crippen LogP contribution >= 0.6 is 0 Å². The Bertz CT molecular complexity index is 683. The predicted octanol–water partition coefficient (Wildman–Crippen LogP) is 3.79. The molecule has 0 aromatic heterocycles. The lowest BCUT2D eigenvalue weighted by atomic mass is 9.95. The lowest BCUT2D eigenvalue weighted by Crippen LogP contribution is -2.36. The van der Waals surface area contributed by atoms with Gasteiger partial charge < -0.3 is 4.74 Å². The smallest absolute Gasteiger partial charge is 0.334 e. The van der Waals surface area contributed by atoms with E-state index in [1.165, 1.54) is 7.11 Å². The maximum absolute atomic E-state index is 12.4. The van der Waals surface area contributed by atoms with E-state index >= 15 is 0 Å². The average Bonchev–Trinajstić information content (AvgIpc) is 3.10. The van der Waals surface area contributed by atoms with Gasteiger partial charge in [0.05, 0.1) is 12.8 Å². The summed E-state index contributed by atoms with van der Waals surface area (Å²) in [5.74, 6) is -0.285. The first kappa shape index (κ1) is 15.2. The number of esters is 1. The standard InChI is InChI=1S/C20H19NO2/c1-23-19(22)20(14-8-9-15-20)21-18(16-10-4-2-5-11-16)17-12-6-3-7-13-17/h2-13H,14-15H2,1H3. The topological polar surface area (TPSA) is 38.7 Å². The number of rotatable bonds is 4. The highest BCUT2D eigenvalue weighted by molar-refractivity contribution is 6.13. The summed E-state index contributed by atoms with van der Waals surface area (Å²) < 4.78 is 5.02. The molecule has 0 bridgehead atoms. The lowest BCUT2D eigenvalue weighted by Gasteiger charge is -2.23. The minimum atomic E-state index is -0.851. The molecule has 23 heavy (non-hydrogen) atoms. The van der Waals surface area contributed by atoms with Crippen LogP contribution in [0.1, 0.15) is 24.0 Å². The van der Waals surface area contributed by atoms with E-state index in [9.17, 15) is 4.79 Å². The Labute approximate surface area is 136 Å². The number of aliphatic imine (C=N–C) groups is 1. The monoisotopic (exact) mass is 305 g/mol. The van der Waals surface area contributed by atoms with E-state index < -0.39 is 5.54 Å². The summed E-state index contributed by atoms with van der Waals surface area (Å²) in [4.78, 5) is 17.3. The van der Waals surface area contributed by atoms with Crippen molar-refractivity contribution in [3.05, 3.63) is 83.9 Å². The van der Waals surface area contributed by atoms with Crippen molar-refractivity contribution in [2.45, 2.75) is 18.4 Å². The molecule has 3 nitrogen and oxygen atoms in total. The first-order chi connectivity index (χ1) is 11.2. The molecule has 1 aliphatic rings. The molecule has 0 heterocycles. The van der Waals surface area contributed by atoms with E-state index in [2.05, 4.69) is 0 Å². The number of carbonyl (C=O) groups is 1. The van der Waals surface area contributed by atoms with Crippen LogP contribution in [0, 0.1) is 0 Å². The molecule has 0 saturated carbocycles. The minimum absolute atomic E-state index is 0.285. The Morgan fingerprint density at radius 3 is 1.83 bits per heavy atom. The summed E-state index contributed by atoms with van der Waals surface area (Å²) >= 11 is 0. The molecule has 0 radical (unpaired) electrons. The molecule has 1 aliphatic carbocycles. The third kappa shape index (κ3) is 3.09. The van der Waals surface area contributed by atoms with Gasteiger partial charge in [-0.3, -0.25) is 4.99 Å². The number of hydrogen-bond donors (Lipinski definition) is 0. The highest BCUT2D eigenvalue weighted by Gasteiger charge is 2.40. The quantitative estimate of drug-likeness (QED) is 0.490. The first-order valence-corrected chi connectivity index (χ1v) is 7.69. The van der Waals surface area contributed by atoms with Gasteiger partial charge in [-0.2, -0.15) is 0 Å². The van der Waals surface area contributed by atoms with Gasteiger partial charge in [-0.05, 0) is 0 Å². The number of ether oxygens (including phenoxy) is 1. The van der Waals surface area contributed by atoms with Crippen molar-refractivity contribution in [2.75, 3.05) is 7.11 Å². The van der Waals surface area contributed by atoms with Gasteiger partial charge in [0.1, 0.15) is 0 Å². The third-order valence-corrected chi connectivity index (χ3v) is 4.06. The van der Waals surface area contributed by atoms with Crippen LogP contribution in [0.25, 0.3) is 0 Å². The van der Waals surface area contributed by atoms with Gasteiger partial charge >= 0.3 is 5.97 Å². The number of hydrogen-bond acceptors (Lipinski definition) is 3. The Morgan fingerprint density at radius 2 is 1.39 bits per heavy atom. The van der Waals surface area contributed by atoms with Crippen molar-refractivity contribution in [3.63, 3.8) is 0 Å². The highest BCUT2D eigenvalue weighted by atomic mass is 16.5. The number of methoxy groups -OCH3 is 1. The summed E-state index contributed by atoms with van der Waals surface area (Å²) in [5, 5.41) is 0. The van der Waals surface area contributed by atoms with Crippen LogP contribution in [0.15, 0.2) is 77.8 Å². The molecule has 0 spiro atoms. The van der Waals surface area contributed by atoms with E-state index in [1.54, 1.807) is 0 Å². The summed E-state index contributed by atoms with van der Waals surface area (Å²) in [6.45, 7) is 0. The van der Waals surface area contributed by atoms with Crippen LogP contribution < -0.4 is 0 Å². The summed E-state index contributed by atoms with van der Waals surface area (Å²) in [7, 11) is 1.42. The molecule has 0 saturated heterocycles. The van der Waals surface area contributed by atoms with Crippen molar-refractivity contribution in [1.82, 2.24) is 0 Å². The molecule has 2 aromatic carbocycles. The Balaban J connectivity index is 2.13. The fourth-order valence-electron chi connectivity index (χ4n) is 2.84. The Kier molecular flexibility index (Phi) is 4.38. The largest absolute Gasteiger partial charge is 0.467 e. The van der Waals surface area contributed by atoms with E-state index in [0.717, 1.165) is 16.8 Å². The molecule has 116 valence electrons. The molecule has 0 aliphatic heterocycles. The molecule has 0 atom stereocenters.